The second-order valence-corrected chi connectivity index (χ2v) is 11.6. The van der Waals surface area contributed by atoms with Crippen molar-refractivity contribution in [1.82, 2.24) is 5.32 Å². The summed E-state index contributed by atoms with van der Waals surface area (Å²) < 4.78 is 33.2. The van der Waals surface area contributed by atoms with Crippen LogP contribution < -0.4 is 14.4 Å². The highest BCUT2D eigenvalue weighted by atomic mass is 35.5. The topological polar surface area (TPSA) is 75.7 Å². The van der Waals surface area contributed by atoms with E-state index in [0.717, 1.165) is 9.87 Å². The first-order valence-electron chi connectivity index (χ1n) is 11.2. The predicted octanol–water partition coefficient (Wildman–Crippen LogP) is 5.72. The average molecular weight is 515 g/mol. The van der Waals surface area contributed by atoms with Gasteiger partial charge in [0.1, 0.15) is 12.3 Å². The normalized spacial score (nSPS) is 12.6. The van der Waals surface area contributed by atoms with E-state index >= 15 is 0 Å². The summed E-state index contributed by atoms with van der Waals surface area (Å²) in [6, 6.07) is 20.3. The largest absolute Gasteiger partial charge is 0.495 e. The van der Waals surface area contributed by atoms with Gasteiger partial charge in [0.2, 0.25) is 5.91 Å². The van der Waals surface area contributed by atoms with Crippen molar-refractivity contribution in [1.29, 1.82) is 0 Å². The van der Waals surface area contributed by atoms with E-state index in [4.69, 9.17) is 16.3 Å². The number of rotatable bonds is 8. The molecule has 0 heterocycles. The van der Waals surface area contributed by atoms with Crippen LogP contribution in [0.25, 0.3) is 0 Å². The Morgan fingerprint density at radius 3 is 2.20 bits per heavy atom. The molecule has 8 heteroatoms. The monoisotopic (exact) mass is 514 g/mol. The van der Waals surface area contributed by atoms with Crippen LogP contribution in [0.5, 0.6) is 5.75 Å². The van der Waals surface area contributed by atoms with Gasteiger partial charge in [-0.05, 0) is 53.8 Å². The third-order valence-electron chi connectivity index (χ3n) is 5.70. The van der Waals surface area contributed by atoms with Crippen molar-refractivity contribution in [3.8, 4) is 5.75 Å². The van der Waals surface area contributed by atoms with Gasteiger partial charge in [-0.1, -0.05) is 74.8 Å². The molecule has 1 N–H and O–H groups in total. The second kappa shape index (κ2) is 10.7. The number of hydrogen-bond acceptors (Lipinski definition) is 4. The van der Waals surface area contributed by atoms with Crippen LogP contribution in [0.4, 0.5) is 5.69 Å². The van der Waals surface area contributed by atoms with Crippen LogP contribution in [0.1, 0.15) is 44.9 Å². The molecule has 186 valence electrons. The third kappa shape index (κ3) is 6.35. The number of nitrogens with one attached hydrogen (secondary N) is 1. The molecule has 0 fully saturated rings. The van der Waals surface area contributed by atoms with Crippen LogP contribution in [-0.2, 0) is 20.2 Å². The van der Waals surface area contributed by atoms with Gasteiger partial charge in [-0.2, -0.15) is 0 Å². The van der Waals surface area contributed by atoms with E-state index < -0.39 is 22.5 Å². The van der Waals surface area contributed by atoms with Crippen LogP contribution in [0.15, 0.2) is 77.7 Å². The maximum absolute atomic E-state index is 13.5. The van der Waals surface area contributed by atoms with E-state index in [-0.39, 0.29) is 27.1 Å². The van der Waals surface area contributed by atoms with Gasteiger partial charge in [-0.15, -0.1) is 0 Å². The SMILES string of the molecule is COc1ccc(N(CC(=O)N[C@H](C)c2ccc(C(C)(C)C)cc2)S(=O)(=O)c2ccccc2)cc1Cl. The van der Waals surface area contributed by atoms with E-state index in [1.807, 2.05) is 31.2 Å². The molecular weight excluding hydrogens is 484 g/mol. The van der Waals surface area contributed by atoms with E-state index in [9.17, 15) is 13.2 Å². The molecule has 35 heavy (non-hydrogen) atoms. The van der Waals surface area contributed by atoms with Crippen molar-refractivity contribution in [2.45, 2.75) is 44.0 Å². The fourth-order valence-electron chi connectivity index (χ4n) is 3.62. The van der Waals surface area contributed by atoms with Crippen LogP contribution in [0, 0.1) is 0 Å². The molecule has 0 unspecified atom stereocenters. The number of ether oxygens (including phenoxy) is 1. The molecular formula is C27H31ClN2O4S. The number of carbonyl (C=O) groups is 1. The Morgan fingerprint density at radius 1 is 1.03 bits per heavy atom. The van der Waals surface area contributed by atoms with Crippen LogP contribution >= 0.6 is 11.6 Å². The highest BCUT2D eigenvalue weighted by Gasteiger charge is 2.28. The predicted molar refractivity (Wildman–Crippen MR) is 141 cm³/mol. The van der Waals surface area contributed by atoms with E-state index in [0.29, 0.717) is 5.75 Å². The minimum absolute atomic E-state index is 0.0248. The lowest BCUT2D eigenvalue weighted by Crippen LogP contribution is -2.41. The van der Waals surface area contributed by atoms with E-state index in [1.165, 1.54) is 30.9 Å². The van der Waals surface area contributed by atoms with E-state index in [2.05, 4.69) is 26.1 Å². The first-order valence-corrected chi connectivity index (χ1v) is 13.1. The summed E-state index contributed by atoms with van der Waals surface area (Å²) >= 11 is 6.27. The van der Waals surface area contributed by atoms with Crippen LogP contribution in [-0.4, -0.2) is 28.0 Å². The number of nitrogens with zero attached hydrogens (tertiary/aromatic N) is 1. The van der Waals surface area contributed by atoms with Gasteiger partial charge in [0.25, 0.3) is 10.0 Å². The number of anilines is 1. The Kier molecular flexibility index (Phi) is 8.13. The number of halogens is 1. The molecule has 6 nitrogen and oxygen atoms in total. The molecule has 3 aromatic rings. The Hall–Kier alpha value is -3.03. The number of carbonyl (C=O) groups excluding carboxylic acids is 1. The summed E-state index contributed by atoms with van der Waals surface area (Å²) in [6.45, 7) is 7.87. The number of sulfonamides is 1. The van der Waals surface area contributed by atoms with E-state index in [1.54, 1.807) is 30.3 Å². The molecule has 0 aliphatic rings. The quantitative estimate of drug-likeness (QED) is 0.417. The van der Waals surface area contributed by atoms with Crippen LogP contribution in [0.3, 0.4) is 0 Å². The Balaban J connectivity index is 1.87. The zero-order chi connectivity index (χ0) is 25.8. The zero-order valence-corrected chi connectivity index (χ0v) is 22.2. The van der Waals surface area contributed by atoms with Crippen molar-refractivity contribution in [2.75, 3.05) is 18.0 Å². The molecule has 0 aliphatic carbocycles. The summed E-state index contributed by atoms with van der Waals surface area (Å²) in [7, 11) is -2.56. The van der Waals surface area contributed by atoms with Gasteiger partial charge in [0, 0.05) is 0 Å². The van der Waals surface area contributed by atoms with Gasteiger partial charge >= 0.3 is 0 Å². The molecule has 0 aromatic heterocycles. The van der Waals surface area contributed by atoms with Gasteiger partial charge in [0.05, 0.1) is 28.8 Å². The van der Waals surface area contributed by atoms with Gasteiger partial charge in [-0.3, -0.25) is 9.10 Å². The summed E-state index contributed by atoms with van der Waals surface area (Å²) in [5.74, 6) is -0.0342. The molecule has 3 aromatic carbocycles. The smallest absolute Gasteiger partial charge is 0.264 e. The molecule has 0 saturated heterocycles. The molecule has 0 spiro atoms. The average Bonchev–Trinajstić information content (AvgIpc) is 2.82. The van der Waals surface area contributed by atoms with Gasteiger partial charge in [-0.25, -0.2) is 8.42 Å². The lowest BCUT2D eigenvalue weighted by molar-refractivity contribution is -0.120. The molecule has 0 aliphatic heterocycles. The van der Waals surface area contributed by atoms with Crippen molar-refractivity contribution >= 4 is 33.2 Å². The summed E-state index contributed by atoms with van der Waals surface area (Å²) in [6.07, 6.45) is 0. The second-order valence-electron chi connectivity index (χ2n) is 9.30. The number of methoxy groups -OCH3 is 1. The molecule has 0 bridgehead atoms. The van der Waals surface area contributed by atoms with Gasteiger partial charge < -0.3 is 10.1 Å². The van der Waals surface area contributed by atoms with Crippen molar-refractivity contribution < 1.29 is 17.9 Å². The first-order chi connectivity index (χ1) is 16.4. The lowest BCUT2D eigenvalue weighted by Gasteiger charge is -2.26. The first kappa shape index (κ1) is 26.6. The highest BCUT2D eigenvalue weighted by molar-refractivity contribution is 7.92. The molecule has 0 radical (unpaired) electrons. The van der Waals surface area contributed by atoms with Crippen molar-refractivity contribution in [2.24, 2.45) is 0 Å². The third-order valence-corrected chi connectivity index (χ3v) is 7.78. The Morgan fingerprint density at radius 2 is 1.66 bits per heavy atom. The fraction of sp³-hybridized carbons (Fsp3) is 0.296. The maximum Gasteiger partial charge on any atom is 0.264 e. The number of amides is 1. The summed E-state index contributed by atoms with van der Waals surface area (Å²) in [5.41, 5.74) is 2.40. The zero-order valence-electron chi connectivity index (χ0n) is 20.6. The molecule has 0 saturated carbocycles. The number of hydrogen-bond donors (Lipinski definition) is 1. The Labute approximate surface area is 212 Å². The molecule has 3 rings (SSSR count). The summed E-state index contributed by atoms with van der Waals surface area (Å²) in [4.78, 5) is 13.1. The lowest BCUT2D eigenvalue weighted by atomic mass is 9.86. The van der Waals surface area contributed by atoms with Crippen LogP contribution in [0.2, 0.25) is 5.02 Å². The van der Waals surface area contributed by atoms with Gasteiger partial charge in [0.15, 0.2) is 0 Å². The molecule has 1 atom stereocenters. The molecule has 1 amide bonds. The fourth-order valence-corrected chi connectivity index (χ4v) is 5.30. The Bertz CT molecular complexity index is 1270. The summed E-state index contributed by atoms with van der Waals surface area (Å²) in [5, 5.41) is 3.15. The van der Waals surface area contributed by atoms with Crippen molar-refractivity contribution in [3.05, 3.63) is 88.9 Å². The van der Waals surface area contributed by atoms with Crippen molar-refractivity contribution in [3.63, 3.8) is 0 Å². The minimum atomic E-state index is -4.03. The maximum atomic E-state index is 13.5. The minimum Gasteiger partial charge on any atom is -0.495 e. The number of benzene rings is 3. The highest BCUT2D eigenvalue weighted by Crippen LogP contribution is 2.32. The standard InChI is InChI=1S/C27H31ClN2O4S/c1-19(20-11-13-21(14-12-20)27(2,3)4)29-26(31)18-30(22-15-16-25(34-5)24(28)17-22)35(32,33)23-9-7-6-8-10-23/h6-17,19H,18H2,1-5H3,(H,29,31)/t19-/m1/s1.